The molecule has 2 aliphatic rings. The highest BCUT2D eigenvalue weighted by Gasteiger charge is 2.23. The number of anilines is 1. The second kappa shape index (κ2) is 8.43. The van der Waals surface area contributed by atoms with Crippen molar-refractivity contribution in [1.82, 2.24) is 9.97 Å². The molecule has 1 aromatic heterocycles. The fraction of sp³-hybridized carbons (Fsp3) is 0.333. The van der Waals surface area contributed by atoms with E-state index in [4.69, 9.17) is 14.5 Å². The van der Waals surface area contributed by atoms with Crippen LogP contribution in [-0.4, -0.2) is 42.9 Å². The number of hydrogen-bond acceptors (Lipinski definition) is 5. The summed E-state index contributed by atoms with van der Waals surface area (Å²) in [5.41, 5.74) is 3.87. The van der Waals surface area contributed by atoms with E-state index in [2.05, 4.69) is 22.0 Å². The zero-order valence-electron chi connectivity index (χ0n) is 17.7. The van der Waals surface area contributed by atoms with Gasteiger partial charge in [0.15, 0.2) is 11.5 Å². The normalized spacial score (nSPS) is 16.0. The van der Waals surface area contributed by atoms with Gasteiger partial charge in [0.05, 0.1) is 31.9 Å². The van der Waals surface area contributed by atoms with Crippen LogP contribution in [-0.2, 0) is 13.0 Å². The highest BCUT2D eigenvalue weighted by molar-refractivity contribution is 5.44. The third kappa shape index (κ3) is 4.27. The van der Waals surface area contributed by atoms with Crippen molar-refractivity contribution >= 4 is 5.95 Å². The molecule has 5 rings (SSSR count). The topological polar surface area (TPSA) is 71.9 Å². The Hall–Kier alpha value is -3.32. The maximum absolute atomic E-state index is 12.8. The van der Waals surface area contributed by atoms with Gasteiger partial charge in [0.25, 0.3) is 5.56 Å². The fourth-order valence-corrected chi connectivity index (χ4v) is 4.30. The molecule has 2 aliphatic heterocycles. The van der Waals surface area contributed by atoms with E-state index in [9.17, 15) is 4.79 Å². The first kappa shape index (κ1) is 19.6. The second-order valence-electron chi connectivity index (χ2n) is 8.22. The molecule has 0 atom stereocenters. The fourth-order valence-electron chi connectivity index (χ4n) is 4.30. The van der Waals surface area contributed by atoms with Crippen molar-refractivity contribution in [3.05, 3.63) is 81.3 Å². The van der Waals surface area contributed by atoms with Crippen molar-refractivity contribution < 1.29 is 14.4 Å². The van der Waals surface area contributed by atoms with Crippen molar-refractivity contribution in [3.8, 4) is 11.5 Å². The molecule has 7 nitrogen and oxygen atoms in total. The number of benzene rings is 2. The molecule has 0 bridgehead atoms. The molecule has 0 amide bonds. The van der Waals surface area contributed by atoms with Gasteiger partial charge in [-0.25, -0.2) is 4.98 Å². The number of rotatable bonds is 5. The standard InChI is InChI=1S/C24H26N4O3/c1-17-20(13-18-5-3-2-4-6-18)23(29)26-24(25-17)28-11-9-27(10-12-28)15-19-7-8-21-22(14-19)31-16-30-21/h2-8,14H,9-13,15-16H2,1H3,(H,25,26,29)/p+1. The first-order chi connectivity index (χ1) is 15.2. The van der Waals surface area contributed by atoms with E-state index in [0.29, 0.717) is 19.2 Å². The third-order valence-electron chi connectivity index (χ3n) is 6.09. The smallest absolute Gasteiger partial charge is 0.256 e. The lowest BCUT2D eigenvalue weighted by Crippen LogP contribution is -3.13. The summed E-state index contributed by atoms with van der Waals surface area (Å²) >= 11 is 0. The predicted molar refractivity (Wildman–Crippen MR) is 118 cm³/mol. The van der Waals surface area contributed by atoms with E-state index in [-0.39, 0.29) is 5.56 Å². The minimum atomic E-state index is -0.0403. The Bertz CT molecular complexity index is 1120. The monoisotopic (exact) mass is 419 g/mol. The van der Waals surface area contributed by atoms with Crippen LogP contribution in [0.4, 0.5) is 5.95 Å². The predicted octanol–water partition coefficient (Wildman–Crippen LogP) is 1.30. The Labute approximate surface area is 181 Å². The number of aromatic amines is 1. The van der Waals surface area contributed by atoms with Crippen molar-refractivity contribution in [2.45, 2.75) is 19.9 Å². The van der Waals surface area contributed by atoms with Crippen molar-refractivity contribution in [2.75, 3.05) is 37.9 Å². The molecule has 0 spiro atoms. The summed E-state index contributed by atoms with van der Waals surface area (Å²) in [7, 11) is 0. The molecule has 0 unspecified atom stereocenters. The number of fused-ring (bicyclic) bond motifs is 1. The van der Waals surface area contributed by atoms with Gasteiger partial charge in [-0.15, -0.1) is 0 Å². The lowest BCUT2D eigenvalue weighted by atomic mass is 10.1. The van der Waals surface area contributed by atoms with Crippen LogP contribution in [0, 0.1) is 6.92 Å². The first-order valence-corrected chi connectivity index (χ1v) is 10.8. The van der Waals surface area contributed by atoms with E-state index in [1.807, 2.05) is 43.3 Å². The van der Waals surface area contributed by atoms with Gasteiger partial charge in [0.2, 0.25) is 12.7 Å². The average molecular weight is 420 g/mol. The van der Waals surface area contributed by atoms with Gasteiger partial charge in [-0.2, -0.15) is 0 Å². The summed E-state index contributed by atoms with van der Waals surface area (Å²) in [4.78, 5) is 24.2. The zero-order chi connectivity index (χ0) is 21.2. The summed E-state index contributed by atoms with van der Waals surface area (Å²) < 4.78 is 10.9. The van der Waals surface area contributed by atoms with E-state index < -0.39 is 0 Å². The zero-order valence-corrected chi connectivity index (χ0v) is 17.7. The SMILES string of the molecule is Cc1nc(N2CC[NH+](Cc3ccc4c(c3)OCO4)CC2)[nH]c(=O)c1Cc1ccccc1. The van der Waals surface area contributed by atoms with Crippen molar-refractivity contribution in [3.63, 3.8) is 0 Å². The van der Waals surface area contributed by atoms with Gasteiger partial charge in [0.1, 0.15) is 6.54 Å². The molecule has 0 aliphatic carbocycles. The first-order valence-electron chi connectivity index (χ1n) is 10.8. The Morgan fingerprint density at radius 1 is 1.03 bits per heavy atom. The van der Waals surface area contributed by atoms with Crippen LogP contribution < -0.4 is 24.8 Å². The van der Waals surface area contributed by atoms with E-state index >= 15 is 0 Å². The third-order valence-corrected chi connectivity index (χ3v) is 6.09. The molecule has 2 aromatic carbocycles. The number of aromatic nitrogens is 2. The van der Waals surface area contributed by atoms with Crippen LogP contribution in [0.2, 0.25) is 0 Å². The molecule has 2 N–H and O–H groups in total. The maximum Gasteiger partial charge on any atom is 0.256 e. The van der Waals surface area contributed by atoms with E-state index in [1.165, 1.54) is 10.5 Å². The number of H-pyrrole nitrogens is 1. The summed E-state index contributed by atoms with van der Waals surface area (Å²) in [6.07, 6.45) is 0.600. The molecule has 160 valence electrons. The van der Waals surface area contributed by atoms with Crippen molar-refractivity contribution in [2.24, 2.45) is 0 Å². The van der Waals surface area contributed by atoms with Crippen LogP contribution in [0.3, 0.4) is 0 Å². The highest BCUT2D eigenvalue weighted by Crippen LogP contribution is 2.32. The number of quaternary nitrogens is 1. The molecule has 1 saturated heterocycles. The summed E-state index contributed by atoms with van der Waals surface area (Å²) in [5, 5.41) is 0. The van der Waals surface area contributed by atoms with Crippen LogP contribution in [0.15, 0.2) is 53.3 Å². The van der Waals surface area contributed by atoms with Gasteiger partial charge < -0.3 is 19.3 Å². The molecule has 0 radical (unpaired) electrons. The number of nitrogens with one attached hydrogen (secondary N) is 2. The van der Waals surface area contributed by atoms with Crippen LogP contribution in [0.5, 0.6) is 11.5 Å². The van der Waals surface area contributed by atoms with Gasteiger partial charge in [-0.05, 0) is 30.7 Å². The van der Waals surface area contributed by atoms with Gasteiger partial charge in [-0.3, -0.25) is 9.78 Å². The second-order valence-corrected chi connectivity index (χ2v) is 8.22. The van der Waals surface area contributed by atoms with Gasteiger partial charge in [0, 0.05) is 17.5 Å². The van der Waals surface area contributed by atoms with Crippen LogP contribution in [0.1, 0.15) is 22.4 Å². The maximum atomic E-state index is 12.8. The quantitative estimate of drug-likeness (QED) is 0.652. The molecule has 3 aromatic rings. The Balaban J connectivity index is 1.23. The largest absolute Gasteiger partial charge is 0.454 e. The molecule has 7 heteroatoms. The number of hydrogen-bond donors (Lipinski definition) is 2. The lowest BCUT2D eigenvalue weighted by molar-refractivity contribution is -0.914. The summed E-state index contributed by atoms with van der Waals surface area (Å²) in [5.74, 6) is 2.34. The summed E-state index contributed by atoms with van der Waals surface area (Å²) in [6, 6.07) is 16.2. The minimum Gasteiger partial charge on any atom is -0.454 e. The highest BCUT2D eigenvalue weighted by atomic mass is 16.7. The lowest BCUT2D eigenvalue weighted by Gasteiger charge is -2.32. The average Bonchev–Trinajstić information content (AvgIpc) is 3.25. The Morgan fingerprint density at radius 2 is 1.81 bits per heavy atom. The van der Waals surface area contributed by atoms with Gasteiger partial charge >= 0.3 is 0 Å². The number of aryl methyl sites for hydroxylation is 1. The summed E-state index contributed by atoms with van der Waals surface area (Å²) in [6.45, 7) is 6.88. The number of nitrogens with zero attached hydrogens (tertiary/aromatic N) is 2. The minimum absolute atomic E-state index is 0.0403. The Morgan fingerprint density at radius 3 is 2.58 bits per heavy atom. The molecule has 0 saturated carbocycles. The molecule has 31 heavy (non-hydrogen) atoms. The number of ether oxygens (including phenoxy) is 2. The molecular formula is C24H27N4O3+. The molecular weight excluding hydrogens is 392 g/mol. The Kier molecular flexibility index (Phi) is 5.34. The molecule has 1 fully saturated rings. The van der Waals surface area contributed by atoms with E-state index in [1.54, 1.807) is 0 Å². The van der Waals surface area contributed by atoms with E-state index in [0.717, 1.165) is 61.0 Å². The van der Waals surface area contributed by atoms with Gasteiger partial charge in [-0.1, -0.05) is 30.3 Å². The van der Waals surface area contributed by atoms with Crippen molar-refractivity contribution in [1.29, 1.82) is 0 Å². The van der Waals surface area contributed by atoms with Crippen LogP contribution in [0.25, 0.3) is 0 Å². The van der Waals surface area contributed by atoms with Crippen LogP contribution >= 0.6 is 0 Å². The number of piperazine rings is 1. The molecule has 3 heterocycles.